The van der Waals surface area contributed by atoms with E-state index in [0.717, 1.165) is 0 Å². The largest absolute Gasteiger partial charge is 0.326 e. The van der Waals surface area contributed by atoms with Gasteiger partial charge in [0, 0.05) is 31.7 Å². The fourth-order valence-electron chi connectivity index (χ4n) is 2.03. The smallest absolute Gasteiger partial charge is 0.243 e. The maximum Gasteiger partial charge on any atom is 0.243 e. The lowest BCUT2D eigenvalue weighted by Gasteiger charge is -2.16. The molecule has 2 rings (SSSR count). The lowest BCUT2D eigenvalue weighted by molar-refractivity contribution is -0.114. The molecule has 1 atom stereocenters. The third-order valence-corrected chi connectivity index (χ3v) is 4.88. The molecular weight excluding hydrogens is 266 g/mol. The number of hydrogen-bond acceptors (Lipinski definition) is 4. The molecule has 0 radical (unpaired) electrons. The van der Waals surface area contributed by atoms with Crippen molar-refractivity contribution in [1.29, 1.82) is 0 Å². The zero-order valence-electron chi connectivity index (χ0n) is 10.7. The molecule has 0 bridgehead atoms. The summed E-state index contributed by atoms with van der Waals surface area (Å²) >= 11 is 0. The number of carbonyl (C=O) groups is 1. The second-order valence-corrected chi connectivity index (χ2v) is 6.56. The van der Waals surface area contributed by atoms with Crippen LogP contribution in [0.3, 0.4) is 0 Å². The van der Waals surface area contributed by atoms with Gasteiger partial charge in [0.15, 0.2) is 0 Å². The highest BCUT2D eigenvalue weighted by Crippen LogP contribution is 2.21. The normalized spacial score (nSPS) is 20.4. The van der Waals surface area contributed by atoms with Crippen molar-refractivity contribution in [2.45, 2.75) is 24.3 Å². The minimum Gasteiger partial charge on any atom is -0.326 e. The molecule has 7 heteroatoms. The van der Waals surface area contributed by atoms with Gasteiger partial charge in [-0.15, -0.1) is 0 Å². The van der Waals surface area contributed by atoms with Gasteiger partial charge in [-0.2, -0.15) is 4.31 Å². The Kier molecular flexibility index (Phi) is 3.88. The molecule has 104 valence electrons. The Morgan fingerprint density at radius 2 is 2.00 bits per heavy atom. The van der Waals surface area contributed by atoms with Crippen LogP contribution < -0.4 is 11.1 Å². The highest BCUT2D eigenvalue weighted by molar-refractivity contribution is 7.89. The van der Waals surface area contributed by atoms with Gasteiger partial charge in [-0.05, 0) is 30.7 Å². The van der Waals surface area contributed by atoms with E-state index in [2.05, 4.69) is 5.32 Å². The average molecular weight is 283 g/mol. The molecule has 0 aliphatic carbocycles. The first-order valence-corrected chi connectivity index (χ1v) is 7.47. The van der Waals surface area contributed by atoms with E-state index in [0.29, 0.717) is 25.2 Å². The monoisotopic (exact) mass is 283 g/mol. The molecule has 0 aromatic heterocycles. The number of carbonyl (C=O) groups excluding carboxylic acids is 1. The van der Waals surface area contributed by atoms with E-state index < -0.39 is 10.0 Å². The number of hydrogen-bond donors (Lipinski definition) is 2. The molecule has 1 heterocycles. The molecular formula is C12H17N3O3S. The van der Waals surface area contributed by atoms with Gasteiger partial charge in [-0.25, -0.2) is 8.42 Å². The van der Waals surface area contributed by atoms with Crippen molar-refractivity contribution in [2.75, 3.05) is 18.4 Å². The minimum absolute atomic E-state index is 0.0894. The van der Waals surface area contributed by atoms with E-state index in [-0.39, 0.29) is 16.8 Å². The number of amides is 1. The number of anilines is 1. The van der Waals surface area contributed by atoms with Crippen molar-refractivity contribution >= 4 is 21.6 Å². The number of benzene rings is 1. The van der Waals surface area contributed by atoms with Crippen molar-refractivity contribution < 1.29 is 13.2 Å². The molecule has 6 nitrogen and oxygen atoms in total. The van der Waals surface area contributed by atoms with Crippen molar-refractivity contribution in [2.24, 2.45) is 5.73 Å². The van der Waals surface area contributed by atoms with E-state index >= 15 is 0 Å². The van der Waals surface area contributed by atoms with Crippen LogP contribution in [0.2, 0.25) is 0 Å². The van der Waals surface area contributed by atoms with Gasteiger partial charge in [0.2, 0.25) is 15.9 Å². The Hall–Kier alpha value is -1.44. The van der Waals surface area contributed by atoms with Crippen LogP contribution in [-0.4, -0.2) is 37.8 Å². The lowest BCUT2D eigenvalue weighted by Crippen LogP contribution is -2.31. The topological polar surface area (TPSA) is 92.5 Å². The zero-order chi connectivity index (χ0) is 14.0. The van der Waals surface area contributed by atoms with Crippen molar-refractivity contribution in [1.82, 2.24) is 4.31 Å². The molecule has 19 heavy (non-hydrogen) atoms. The summed E-state index contributed by atoms with van der Waals surface area (Å²) in [6.45, 7) is 2.21. The van der Waals surface area contributed by atoms with Crippen LogP contribution >= 0.6 is 0 Å². The molecule has 1 aromatic rings. The third kappa shape index (κ3) is 3.12. The van der Waals surface area contributed by atoms with E-state index in [1.165, 1.54) is 23.4 Å². The van der Waals surface area contributed by atoms with E-state index in [1.807, 2.05) is 0 Å². The summed E-state index contributed by atoms with van der Waals surface area (Å²) < 4.78 is 26.0. The Balaban J connectivity index is 2.19. The predicted octanol–water partition coefficient (Wildman–Crippen LogP) is 0.367. The highest BCUT2D eigenvalue weighted by Gasteiger charge is 2.30. The van der Waals surface area contributed by atoms with Gasteiger partial charge in [0.25, 0.3) is 0 Å². The Labute approximate surface area is 112 Å². The van der Waals surface area contributed by atoms with Crippen LogP contribution in [0.5, 0.6) is 0 Å². The van der Waals surface area contributed by atoms with Crippen molar-refractivity contribution in [3.8, 4) is 0 Å². The zero-order valence-corrected chi connectivity index (χ0v) is 11.5. The van der Waals surface area contributed by atoms with Crippen LogP contribution in [0.4, 0.5) is 5.69 Å². The van der Waals surface area contributed by atoms with Gasteiger partial charge in [-0.3, -0.25) is 4.79 Å². The van der Waals surface area contributed by atoms with Gasteiger partial charge in [0.1, 0.15) is 0 Å². The number of nitrogens with zero attached hydrogens (tertiary/aromatic N) is 1. The van der Waals surface area contributed by atoms with Crippen LogP contribution in [0.25, 0.3) is 0 Å². The summed E-state index contributed by atoms with van der Waals surface area (Å²) in [7, 11) is -3.48. The highest BCUT2D eigenvalue weighted by atomic mass is 32.2. The van der Waals surface area contributed by atoms with E-state index in [1.54, 1.807) is 12.1 Å². The predicted molar refractivity (Wildman–Crippen MR) is 72.1 cm³/mol. The Morgan fingerprint density at radius 1 is 1.37 bits per heavy atom. The lowest BCUT2D eigenvalue weighted by atomic mass is 10.3. The van der Waals surface area contributed by atoms with Gasteiger partial charge in [-0.1, -0.05) is 0 Å². The van der Waals surface area contributed by atoms with Crippen LogP contribution in [0, 0.1) is 0 Å². The fraction of sp³-hybridized carbons (Fsp3) is 0.417. The quantitative estimate of drug-likeness (QED) is 0.838. The molecule has 1 amide bonds. The second-order valence-electron chi connectivity index (χ2n) is 4.62. The van der Waals surface area contributed by atoms with Crippen molar-refractivity contribution in [3.63, 3.8) is 0 Å². The molecule has 0 saturated carbocycles. The summed E-state index contributed by atoms with van der Waals surface area (Å²) in [4.78, 5) is 11.1. The molecule has 0 unspecified atom stereocenters. The fourth-order valence-corrected chi connectivity index (χ4v) is 3.55. The maximum absolute atomic E-state index is 12.3. The molecule has 0 spiro atoms. The average Bonchev–Trinajstić information content (AvgIpc) is 2.76. The molecule has 1 fully saturated rings. The molecule has 3 N–H and O–H groups in total. The number of nitrogens with one attached hydrogen (secondary N) is 1. The molecule has 1 aliphatic heterocycles. The van der Waals surface area contributed by atoms with Gasteiger partial charge in [0.05, 0.1) is 4.90 Å². The van der Waals surface area contributed by atoms with Gasteiger partial charge < -0.3 is 11.1 Å². The summed E-state index contributed by atoms with van der Waals surface area (Å²) in [5.74, 6) is -0.193. The van der Waals surface area contributed by atoms with Gasteiger partial charge >= 0.3 is 0 Å². The molecule has 1 saturated heterocycles. The van der Waals surface area contributed by atoms with Crippen molar-refractivity contribution in [3.05, 3.63) is 24.3 Å². The van der Waals surface area contributed by atoms with Crippen LogP contribution in [0.15, 0.2) is 29.2 Å². The summed E-state index contributed by atoms with van der Waals surface area (Å²) in [6.07, 6.45) is 0.684. The first-order valence-electron chi connectivity index (χ1n) is 6.03. The maximum atomic E-state index is 12.3. The standard InChI is InChI=1S/C12H17N3O3S/c1-9(16)14-11-2-4-12(5-3-11)19(17,18)15-7-6-10(13)8-15/h2-5,10H,6-8,13H2,1H3,(H,14,16)/t10-/m0/s1. The molecule has 1 aliphatic rings. The van der Waals surface area contributed by atoms with Crippen LogP contribution in [-0.2, 0) is 14.8 Å². The van der Waals surface area contributed by atoms with Crippen LogP contribution in [0.1, 0.15) is 13.3 Å². The first-order chi connectivity index (χ1) is 8.89. The number of rotatable bonds is 3. The first kappa shape index (κ1) is 14.0. The Bertz CT molecular complexity index is 568. The second kappa shape index (κ2) is 5.28. The number of sulfonamides is 1. The Morgan fingerprint density at radius 3 is 2.47 bits per heavy atom. The van der Waals surface area contributed by atoms with E-state index in [4.69, 9.17) is 5.73 Å². The molecule has 1 aromatic carbocycles. The summed E-state index contributed by atoms with van der Waals surface area (Å²) in [5, 5.41) is 2.59. The SMILES string of the molecule is CC(=O)Nc1ccc(S(=O)(=O)N2CC[C@H](N)C2)cc1. The third-order valence-electron chi connectivity index (χ3n) is 3.00. The summed E-state index contributed by atoms with van der Waals surface area (Å²) in [6, 6.07) is 6.04. The summed E-state index contributed by atoms with van der Waals surface area (Å²) in [5.41, 5.74) is 6.30. The minimum atomic E-state index is -3.48. The number of nitrogens with two attached hydrogens (primary N) is 1. The van der Waals surface area contributed by atoms with E-state index in [9.17, 15) is 13.2 Å².